The lowest BCUT2D eigenvalue weighted by atomic mass is 9.93. The smallest absolute Gasteiger partial charge is 0.307 e. The van der Waals surface area contributed by atoms with Crippen molar-refractivity contribution in [2.24, 2.45) is 0 Å². The van der Waals surface area contributed by atoms with E-state index in [0.29, 0.717) is 19.1 Å². The molecule has 4 nitrogen and oxygen atoms in total. The maximum Gasteiger partial charge on any atom is 0.307 e. The maximum atomic E-state index is 11.7. The van der Waals surface area contributed by atoms with Crippen molar-refractivity contribution in [3.63, 3.8) is 0 Å². The summed E-state index contributed by atoms with van der Waals surface area (Å²) in [6, 6.07) is 0.541. The Bertz CT molecular complexity index is 266. The van der Waals surface area contributed by atoms with Crippen LogP contribution in [-0.4, -0.2) is 61.1 Å². The van der Waals surface area contributed by atoms with Crippen LogP contribution in [0.15, 0.2) is 0 Å². The monoisotopic (exact) mass is 242 g/mol. The number of esters is 1. The summed E-state index contributed by atoms with van der Waals surface area (Å²) in [6.45, 7) is 8.75. The molecule has 0 aliphatic carbocycles. The Hall–Kier alpha value is -0.610. The van der Waals surface area contributed by atoms with Crippen molar-refractivity contribution in [1.29, 1.82) is 0 Å². The second-order valence-electron chi connectivity index (χ2n) is 5.41. The normalized spacial score (nSPS) is 25.8. The molecule has 17 heavy (non-hydrogen) atoms. The van der Waals surface area contributed by atoms with Crippen LogP contribution in [0.4, 0.5) is 0 Å². The Morgan fingerprint density at radius 3 is 2.53 bits per heavy atom. The number of carbonyl (C=O) groups excluding carboxylic acids is 1. The van der Waals surface area contributed by atoms with Crippen molar-refractivity contribution in [2.45, 2.75) is 45.2 Å². The van der Waals surface area contributed by atoms with Crippen LogP contribution >= 0.6 is 0 Å². The maximum absolute atomic E-state index is 11.7. The van der Waals surface area contributed by atoms with E-state index in [2.05, 4.69) is 37.7 Å². The van der Waals surface area contributed by atoms with Crippen molar-refractivity contribution in [3.05, 3.63) is 0 Å². The van der Waals surface area contributed by atoms with E-state index >= 15 is 0 Å². The quantitative estimate of drug-likeness (QED) is 0.681. The lowest BCUT2D eigenvalue weighted by Gasteiger charge is -2.36. The van der Waals surface area contributed by atoms with Crippen LogP contribution < -0.4 is 0 Å². The molecule has 1 fully saturated rings. The molecule has 0 aromatic rings. The fourth-order valence-electron chi connectivity index (χ4n) is 2.48. The fraction of sp³-hybridized carbons (Fsp3) is 0.923. The van der Waals surface area contributed by atoms with Gasteiger partial charge in [0.2, 0.25) is 0 Å². The van der Waals surface area contributed by atoms with E-state index < -0.39 is 0 Å². The molecule has 0 bridgehead atoms. The Morgan fingerprint density at radius 2 is 2.12 bits per heavy atom. The second kappa shape index (κ2) is 5.83. The number of hydrogen-bond donors (Lipinski definition) is 0. The van der Waals surface area contributed by atoms with Crippen LogP contribution in [0.2, 0.25) is 0 Å². The minimum Gasteiger partial charge on any atom is -0.466 e. The van der Waals surface area contributed by atoms with Gasteiger partial charge in [0, 0.05) is 24.7 Å². The van der Waals surface area contributed by atoms with Gasteiger partial charge >= 0.3 is 5.97 Å². The van der Waals surface area contributed by atoms with Gasteiger partial charge in [0.15, 0.2) is 0 Å². The van der Waals surface area contributed by atoms with Gasteiger partial charge in [0.1, 0.15) is 0 Å². The minimum atomic E-state index is -0.0770. The summed E-state index contributed by atoms with van der Waals surface area (Å²) in [5, 5.41) is 0. The molecule has 4 heteroatoms. The third kappa shape index (κ3) is 3.42. The number of carbonyl (C=O) groups is 1. The Balaban J connectivity index is 2.69. The predicted molar refractivity (Wildman–Crippen MR) is 69.0 cm³/mol. The average molecular weight is 242 g/mol. The van der Waals surface area contributed by atoms with Crippen LogP contribution in [0.25, 0.3) is 0 Å². The molecule has 1 aliphatic heterocycles. The van der Waals surface area contributed by atoms with E-state index in [1.54, 1.807) is 0 Å². The Labute approximate surface area is 105 Å². The summed E-state index contributed by atoms with van der Waals surface area (Å²) in [5.74, 6) is -0.0770. The van der Waals surface area contributed by atoms with E-state index in [1.165, 1.54) is 0 Å². The second-order valence-corrected chi connectivity index (χ2v) is 5.41. The summed E-state index contributed by atoms with van der Waals surface area (Å²) in [5.41, 5.74) is -0.0451. The topological polar surface area (TPSA) is 32.8 Å². The molecule has 0 saturated carbocycles. The molecule has 0 aromatic heterocycles. The van der Waals surface area contributed by atoms with Gasteiger partial charge in [-0.1, -0.05) is 0 Å². The SMILES string of the molecule is CCOC(=O)CC1(N(C)C)CCN(C(C)C)C1. The first kappa shape index (κ1) is 14.5. The van der Waals surface area contributed by atoms with Gasteiger partial charge in [-0.05, 0) is 41.3 Å². The van der Waals surface area contributed by atoms with Crippen LogP contribution in [0.3, 0.4) is 0 Å². The number of ether oxygens (including phenoxy) is 1. The Morgan fingerprint density at radius 1 is 1.47 bits per heavy atom. The van der Waals surface area contributed by atoms with Crippen molar-refractivity contribution >= 4 is 5.97 Å². The van der Waals surface area contributed by atoms with Crippen molar-refractivity contribution < 1.29 is 9.53 Å². The van der Waals surface area contributed by atoms with Gasteiger partial charge in [-0.2, -0.15) is 0 Å². The lowest BCUT2D eigenvalue weighted by molar-refractivity contribution is -0.146. The lowest BCUT2D eigenvalue weighted by Crippen LogP contribution is -2.49. The number of hydrogen-bond acceptors (Lipinski definition) is 4. The third-order valence-electron chi connectivity index (χ3n) is 3.82. The van der Waals surface area contributed by atoms with Crippen molar-refractivity contribution in [3.8, 4) is 0 Å². The van der Waals surface area contributed by atoms with E-state index in [0.717, 1.165) is 19.5 Å². The zero-order chi connectivity index (χ0) is 13.1. The van der Waals surface area contributed by atoms with E-state index in [4.69, 9.17) is 4.74 Å². The van der Waals surface area contributed by atoms with Gasteiger partial charge in [-0.25, -0.2) is 0 Å². The molecule has 0 N–H and O–H groups in total. The standard InChI is InChI=1S/C13H26N2O2/c1-6-17-12(16)9-13(14(4)5)7-8-15(10-13)11(2)3/h11H,6-10H2,1-5H3. The van der Waals surface area contributed by atoms with Gasteiger partial charge < -0.3 is 9.64 Å². The van der Waals surface area contributed by atoms with Crippen LogP contribution in [0.1, 0.15) is 33.6 Å². The summed E-state index contributed by atoms with van der Waals surface area (Å²) < 4.78 is 5.09. The summed E-state index contributed by atoms with van der Waals surface area (Å²) in [7, 11) is 4.12. The molecular weight excluding hydrogens is 216 g/mol. The number of nitrogens with zero attached hydrogens (tertiary/aromatic N) is 2. The fourth-order valence-corrected chi connectivity index (χ4v) is 2.48. The molecule has 1 atom stereocenters. The molecule has 0 spiro atoms. The van der Waals surface area contributed by atoms with Crippen molar-refractivity contribution in [2.75, 3.05) is 33.8 Å². The third-order valence-corrected chi connectivity index (χ3v) is 3.82. The highest BCUT2D eigenvalue weighted by molar-refractivity contribution is 5.71. The number of likely N-dealkylation sites (N-methyl/N-ethyl adjacent to an activating group) is 1. The first-order chi connectivity index (χ1) is 7.91. The van der Waals surface area contributed by atoms with Gasteiger partial charge in [-0.15, -0.1) is 0 Å². The molecular formula is C13H26N2O2. The highest BCUT2D eigenvalue weighted by Gasteiger charge is 2.42. The zero-order valence-electron chi connectivity index (χ0n) is 11.8. The molecule has 1 aliphatic rings. The van der Waals surface area contributed by atoms with Gasteiger partial charge in [0.25, 0.3) is 0 Å². The Kier molecular flexibility index (Phi) is 4.95. The molecule has 1 heterocycles. The van der Waals surface area contributed by atoms with Crippen LogP contribution in [-0.2, 0) is 9.53 Å². The average Bonchev–Trinajstić information content (AvgIpc) is 2.63. The predicted octanol–water partition coefficient (Wildman–Crippen LogP) is 1.35. The first-order valence-electron chi connectivity index (χ1n) is 6.48. The van der Waals surface area contributed by atoms with Crippen molar-refractivity contribution in [1.82, 2.24) is 9.80 Å². The number of likely N-dealkylation sites (tertiary alicyclic amines) is 1. The molecule has 100 valence electrons. The highest BCUT2D eigenvalue weighted by Crippen LogP contribution is 2.31. The molecule has 0 radical (unpaired) electrons. The highest BCUT2D eigenvalue weighted by atomic mass is 16.5. The van der Waals surface area contributed by atoms with E-state index in [-0.39, 0.29) is 11.5 Å². The molecule has 0 aromatic carbocycles. The molecule has 1 saturated heterocycles. The first-order valence-corrected chi connectivity index (χ1v) is 6.48. The molecule has 0 amide bonds. The summed E-state index contributed by atoms with van der Waals surface area (Å²) in [4.78, 5) is 16.3. The van der Waals surface area contributed by atoms with E-state index in [1.807, 2.05) is 6.92 Å². The largest absolute Gasteiger partial charge is 0.466 e. The zero-order valence-corrected chi connectivity index (χ0v) is 11.8. The van der Waals surface area contributed by atoms with Gasteiger partial charge in [0.05, 0.1) is 13.0 Å². The summed E-state index contributed by atoms with van der Waals surface area (Å²) >= 11 is 0. The van der Waals surface area contributed by atoms with Crippen LogP contribution in [0.5, 0.6) is 0 Å². The van der Waals surface area contributed by atoms with Crippen LogP contribution in [0, 0.1) is 0 Å². The molecule has 1 rings (SSSR count). The minimum absolute atomic E-state index is 0.0451. The molecule has 1 unspecified atom stereocenters. The van der Waals surface area contributed by atoms with E-state index in [9.17, 15) is 4.79 Å². The number of rotatable bonds is 5. The van der Waals surface area contributed by atoms with Gasteiger partial charge in [-0.3, -0.25) is 9.69 Å². The summed E-state index contributed by atoms with van der Waals surface area (Å²) in [6.07, 6.45) is 1.54.